The molecule has 0 aliphatic rings. The Bertz CT molecular complexity index is 273. The van der Waals surface area contributed by atoms with Crippen LogP contribution in [0.2, 0.25) is 0 Å². The second kappa shape index (κ2) is 7.34. The Labute approximate surface area is 110 Å². The number of halogens is 2. The molecule has 1 rings (SSSR count). The highest BCUT2D eigenvalue weighted by Crippen LogP contribution is 2.15. The molecule has 0 aliphatic heterocycles. The molecule has 0 aromatic heterocycles. The summed E-state index contributed by atoms with van der Waals surface area (Å²) < 4.78 is 6.86. The summed E-state index contributed by atoms with van der Waals surface area (Å²) in [6.45, 7) is 2.98. The van der Waals surface area contributed by atoms with Gasteiger partial charge in [0.15, 0.2) is 0 Å². The lowest BCUT2D eigenvalue weighted by molar-refractivity contribution is 0.282. The van der Waals surface area contributed by atoms with Gasteiger partial charge in [-0.05, 0) is 65.6 Å². The minimum absolute atomic E-state index is 0.645. The van der Waals surface area contributed by atoms with Gasteiger partial charge in [0, 0.05) is 9.45 Å². The second-order valence-electron chi connectivity index (χ2n) is 3.67. The van der Waals surface area contributed by atoms with E-state index in [0.717, 1.165) is 31.1 Å². The van der Waals surface area contributed by atoms with E-state index in [1.54, 1.807) is 0 Å². The van der Waals surface area contributed by atoms with Gasteiger partial charge >= 0.3 is 0 Å². The normalized spacial score (nSPS) is 12.5. The molecule has 3 heteroatoms. The first kappa shape index (κ1) is 13.1. The molecule has 15 heavy (non-hydrogen) atoms. The standard InChI is InChI=1S/C12H16ClIO/c1-10(6-8-13)7-9-15-12-4-2-11(14)3-5-12/h2-5,10H,6-9H2,1H3. The Morgan fingerprint density at radius 1 is 1.27 bits per heavy atom. The molecule has 0 bridgehead atoms. The fourth-order valence-corrected chi connectivity index (χ4v) is 1.97. The lowest BCUT2D eigenvalue weighted by Crippen LogP contribution is -2.04. The largest absolute Gasteiger partial charge is 0.494 e. The van der Waals surface area contributed by atoms with Crippen LogP contribution in [0.25, 0.3) is 0 Å². The molecule has 0 saturated heterocycles. The van der Waals surface area contributed by atoms with Gasteiger partial charge in [-0.25, -0.2) is 0 Å². The van der Waals surface area contributed by atoms with E-state index < -0.39 is 0 Å². The topological polar surface area (TPSA) is 9.23 Å². The molecule has 0 N–H and O–H groups in total. The smallest absolute Gasteiger partial charge is 0.119 e. The van der Waals surface area contributed by atoms with Crippen LogP contribution in [0.4, 0.5) is 0 Å². The molecule has 1 nitrogen and oxygen atoms in total. The molecule has 1 aromatic rings. The van der Waals surface area contributed by atoms with E-state index in [-0.39, 0.29) is 0 Å². The molecular formula is C12H16ClIO. The summed E-state index contributed by atoms with van der Waals surface area (Å²) >= 11 is 7.95. The summed E-state index contributed by atoms with van der Waals surface area (Å²) in [6.07, 6.45) is 2.14. The second-order valence-corrected chi connectivity index (χ2v) is 5.30. The Hall–Kier alpha value is 0.0400. The Kier molecular flexibility index (Phi) is 6.41. The molecule has 0 fully saturated rings. The van der Waals surface area contributed by atoms with E-state index in [1.807, 2.05) is 12.1 Å². The van der Waals surface area contributed by atoms with Gasteiger partial charge in [0.2, 0.25) is 0 Å². The van der Waals surface area contributed by atoms with Crippen LogP contribution in [-0.2, 0) is 0 Å². The van der Waals surface area contributed by atoms with E-state index in [2.05, 4.69) is 41.6 Å². The van der Waals surface area contributed by atoms with Gasteiger partial charge in [0.1, 0.15) is 5.75 Å². The van der Waals surface area contributed by atoms with E-state index in [4.69, 9.17) is 16.3 Å². The third-order valence-electron chi connectivity index (χ3n) is 2.29. The van der Waals surface area contributed by atoms with Gasteiger partial charge in [-0.2, -0.15) is 0 Å². The Balaban J connectivity index is 2.22. The van der Waals surface area contributed by atoms with Crippen molar-refractivity contribution in [2.45, 2.75) is 19.8 Å². The molecule has 1 aromatic carbocycles. The van der Waals surface area contributed by atoms with Crippen molar-refractivity contribution in [1.82, 2.24) is 0 Å². The number of benzene rings is 1. The van der Waals surface area contributed by atoms with Gasteiger partial charge in [-0.1, -0.05) is 6.92 Å². The quantitative estimate of drug-likeness (QED) is 0.554. The molecule has 1 unspecified atom stereocenters. The van der Waals surface area contributed by atoms with Crippen LogP contribution < -0.4 is 4.74 Å². The maximum absolute atomic E-state index is 5.67. The van der Waals surface area contributed by atoms with E-state index in [1.165, 1.54) is 3.57 Å². The van der Waals surface area contributed by atoms with Gasteiger partial charge in [0.25, 0.3) is 0 Å². The summed E-state index contributed by atoms with van der Waals surface area (Å²) in [4.78, 5) is 0. The molecule has 0 spiro atoms. The predicted octanol–water partition coefficient (Wildman–Crippen LogP) is 4.33. The van der Waals surface area contributed by atoms with E-state index in [0.29, 0.717) is 5.92 Å². The van der Waals surface area contributed by atoms with Crippen molar-refractivity contribution >= 4 is 34.2 Å². The van der Waals surface area contributed by atoms with Crippen molar-refractivity contribution in [3.8, 4) is 5.75 Å². The van der Waals surface area contributed by atoms with Gasteiger partial charge in [-0.15, -0.1) is 11.6 Å². The van der Waals surface area contributed by atoms with Gasteiger partial charge in [-0.3, -0.25) is 0 Å². The first-order valence-corrected chi connectivity index (χ1v) is 6.78. The Morgan fingerprint density at radius 3 is 2.53 bits per heavy atom. The molecule has 0 saturated carbocycles. The highest BCUT2D eigenvalue weighted by Gasteiger charge is 2.01. The number of hydrogen-bond acceptors (Lipinski definition) is 1. The molecule has 1 atom stereocenters. The van der Waals surface area contributed by atoms with Crippen molar-refractivity contribution in [2.75, 3.05) is 12.5 Å². The minimum atomic E-state index is 0.645. The monoisotopic (exact) mass is 338 g/mol. The number of alkyl halides is 1. The van der Waals surface area contributed by atoms with Crippen LogP contribution in [0.5, 0.6) is 5.75 Å². The average Bonchev–Trinajstić information content (AvgIpc) is 2.21. The fourth-order valence-electron chi connectivity index (χ4n) is 1.24. The van der Waals surface area contributed by atoms with Crippen molar-refractivity contribution in [2.24, 2.45) is 5.92 Å². The molecular weight excluding hydrogens is 322 g/mol. The highest BCUT2D eigenvalue weighted by molar-refractivity contribution is 14.1. The summed E-state index contributed by atoms with van der Waals surface area (Å²) in [6, 6.07) is 8.12. The van der Waals surface area contributed by atoms with Crippen molar-refractivity contribution in [3.63, 3.8) is 0 Å². The van der Waals surface area contributed by atoms with Gasteiger partial charge in [0.05, 0.1) is 6.61 Å². The van der Waals surface area contributed by atoms with Crippen molar-refractivity contribution in [3.05, 3.63) is 27.8 Å². The predicted molar refractivity (Wildman–Crippen MR) is 73.8 cm³/mol. The third kappa shape index (κ3) is 5.61. The van der Waals surface area contributed by atoms with Crippen LogP contribution >= 0.6 is 34.2 Å². The summed E-state index contributed by atoms with van der Waals surface area (Å²) in [5.41, 5.74) is 0. The SMILES string of the molecule is CC(CCCl)CCOc1ccc(I)cc1. The third-order valence-corrected chi connectivity index (χ3v) is 3.23. The van der Waals surface area contributed by atoms with Crippen LogP contribution in [0, 0.1) is 9.49 Å². The number of hydrogen-bond donors (Lipinski definition) is 0. The maximum Gasteiger partial charge on any atom is 0.119 e. The lowest BCUT2D eigenvalue weighted by Gasteiger charge is -2.10. The molecule has 0 amide bonds. The lowest BCUT2D eigenvalue weighted by atomic mass is 10.1. The summed E-state index contributed by atoms with van der Waals surface area (Å²) in [5, 5.41) is 0. The zero-order chi connectivity index (χ0) is 11.1. The molecule has 0 radical (unpaired) electrons. The van der Waals surface area contributed by atoms with Gasteiger partial charge < -0.3 is 4.74 Å². The summed E-state index contributed by atoms with van der Waals surface area (Å²) in [7, 11) is 0. The maximum atomic E-state index is 5.67. The van der Waals surface area contributed by atoms with Crippen LogP contribution in [0.15, 0.2) is 24.3 Å². The van der Waals surface area contributed by atoms with Crippen LogP contribution in [-0.4, -0.2) is 12.5 Å². The van der Waals surface area contributed by atoms with E-state index in [9.17, 15) is 0 Å². The van der Waals surface area contributed by atoms with Crippen LogP contribution in [0.3, 0.4) is 0 Å². The highest BCUT2D eigenvalue weighted by atomic mass is 127. The zero-order valence-corrected chi connectivity index (χ0v) is 11.8. The molecule has 84 valence electrons. The van der Waals surface area contributed by atoms with Crippen LogP contribution in [0.1, 0.15) is 19.8 Å². The van der Waals surface area contributed by atoms with Crippen molar-refractivity contribution < 1.29 is 4.74 Å². The van der Waals surface area contributed by atoms with Crippen molar-refractivity contribution in [1.29, 1.82) is 0 Å². The minimum Gasteiger partial charge on any atom is -0.494 e. The Morgan fingerprint density at radius 2 is 1.93 bits per heavy atom. The zero-order valence-electron chi connectivity index (χ0n) is 8.88. The molecule has 0 aliphatic carbocycles. The van der Waals surface area contributed by atoms with E-state index >= 15 is 0 Å². The summed E-state index contributed by atoms with van der Waals surface area (Å²) in [5.74, 6) is 2.34. The average molecular weight is 339 g/mol. The fraction of sp³-hybridized carbons (Fsp3) is 0.500. The number of rotatable bonds is 6. The first-order chi connectivity index (χ1) is 7.22. The first-order valence-electron chi connectivity index (χ1n) is 5.16. The number of ether oxygens (including phenoxy) is 1. The molecule has 0 heterocycles.